The van der Waals surface area contributed by atoms with E-state index in [2.05, 4.69) is 29.2 Å². The number of aliphatic hydroxyl groups excluding tert-OH is 1. The highest BCUT2D eigenvalue weighted by Crippen LogP contribution is 2.43. The lowest BCUT2D eigenvalue weighted by molar-refractivity contribution is 0.219. The van der Waals surface area contributed by atoms with Gasteiger partial charge in [-0.05, 0) is 59.0 Å². The first-order valence-electron chi connectivity index (χ1n) is 7.17. The fourth-order valence-electron chi connectivity index (χ4n) is 2.95. The van der Waals surface area contributed by atoms with Crippen molar-refractivity contribution in [3.63, 3.8) is 0 Å². The number of H-pyrrole nitrogens is 1. The summed E-state index contributed by atoms with van der Waals surface area (Å²) in [4.78, 5) is 3.18. The predicted octanol–water partition coefficient (Wildman–Crippen LogP) is 4.13. The van der Waals surface area contributed by atoms with Crippen molar-refractivity contribution in [2.75, 3.05) is 0 Å². The number of nitrogens with one attached hydrogen (secondary N) is 1. The largest absolute Gasteiger partial charge is 0.384 e. The molecule has 20 heavy (non-hydrogen) atoms. The lowest BCUT2D eigenvalue weighted by atomic mass is 9.94. The van der Waals surface area contributed by atoms with Crippen LogP contribution in [0.3, 0.4) is 0 Å². The Bertz CT molecular complexity index is 755. The van der Waals surface area contributed by atoms with Gasteiger partial charge in [0.15, 0.2) is 0 Å². The molecule has 1 fully saturated rings. The minimum atomic E-state index is -0.536. The van der Waals surface area contributed by atoms with Crippen LogP contribution >= 0.6 is 0 Å². The number of aromatic nitrogens is 1. The molecule has 1 unspecified atom stereocenters. The number of rotatable bonds is 3. The van der Waals surface area contributed by atoms with Crippen molar-refractivity contribution in [3.05, 3.63) is 71.4 Å². The van der Waals surface area contributed by atoms with E-state index in [-0.39, 0.29) is 0 Å². The van der Waals surface area contributed by atoms with E-state index in [9.17, 15) is 5.11 Å². The van der Waals surface area contributed by atoms with Crippen molar-refractivity contribution in [2.45, 2.75) is 24.9 Å². The van der Waals surface area contributed by atoms with Crippen molar-refractivity contribution in [1.82, 2.24) is 4.98 Å². The first kappa shape index (κ1) is 11.7. The van der Waals surface area contributed by atoms with E-state index in [0.717, 1.165) is 22.0 Å². The molecular formula is C18H17NO. The van der Waals surface area contributed by atoms with Crippen LogP contribution in [0.15, 0.2) is 54.7 Å². The van der Waals surface area contributed by atoms with E-state index in [1.165, 1.54) is 18.4 Å². The van der Waals surface area contributed by atoms with Gasteiger partial charge in [0, 0.05) is 11.7 Å². The van der Waals surface area contributed by atoms with Crippen LogP contribution in [0, 0.1) is 0 Å². The first-order chi connectivity index (χ1) is 9.83. The van der Waals surface area contributed by atoms with Crippen LogP contribution < -0.4 is 0 Å². The Labute approximate surface area is 118 Å². The molecule has 0 aliphatic heterocycles. The maximum atomic E-state index is 10.7. The third-order valence-corrected chi connectivity index (χ3v) is 4.20. The standard InChI is InChI=1S/C18H17NO/c20-18(14-7-8-17-13(11-14)9-10-19-17)16-4-2-1-3-15(16)12-5-6-12/h1-4,7-12,18-20H,5-6H2. The average molecular weight is 263 g/mol. The van der Waals surface area contributed by atoms with Gasteiger partial charge in [-0.15, -0.1) is 0 Å². The van der Waals surface area contributed by atoms with Crippen LogP contribution in [0.25, 0.3) is 10.9 Å². The van der Waals surface area contributed by atoms with Crippen molar-refractivity contribution in [1.29, 1.82) is 0 Å². The third kappa shape index (κ3) is 1.93. The summed E-state index contributed by atoms with van der Waals surface area (Å²) in [5, 5.41) is 11.9. The molecule has 0 radical (unpaired) electrons. The molecule has 1 atom stereocenters. The summed E-state index contributed by atoms with van der Waals surface area (Å²) >= 11 is 0. The van der Waals surface area contributed by atoms with Crippen molar-refractivity contribution in [3.8, 4) is 0 Å². The molecule has 1 heterocycles. The highest BCUT2D eigenvalue weighted by Gasteiger charge is 2.27. The molecule has 0 bridgehead atoms. The van der Waals surface area contributed by atoms with E-state index in [1.54, 1.807) is 0 Å². The Morgan fingerprint density at radius 2 is 1.90 bits per heavy atom. The SMILES string of the molecule is OC(c1ccc2[nH]ccc2c1)c1ccccc1C1CC1. The Kier molecular flexibility index (Phi) is 2.64. The average Bonchev–Trinajstić information content (AvgIpc) is 3.23. The molecular weight excluding hydrogens is 246 g/mol. The quantitative estimate of drug-likeness (QED) is 0.732. The minimum absolute atomic E-state index is 0.536. The molecule has 2 N–H and O–H groups in total. The lowest BCUT2D eigenvalue weighted by Gasteiger charge is -2.16. The Balaban J connectivity index is 1.77. The maximum Gasteiger partial charge on any atom is 0.104 e. The predicted molar refractivity (Wildman–Crippen MR) is 80.8 cm³/mol. The fraction of sp³-hybridized carbons (Fsp3) is 0.222. The third-order valence-electron chi connectivity index (χ3n) is 4.20. The molecule has 3 aromatic rings. The Morgan fingerprint density at radius 1 is 1.05 bits per heavy atom. The van der Waals surface area contributed by atoms with Gasteiger partial charge < -0.3 is 10.1 Å². The van der Waals surface area contributed by atoms with Gasteiger partial charge in [0.05, 0.1) is 0 Å². The van der Waals surface area contributed by atoms with Gasteiger partial charge in [-0.25, -0.2) is 0 Å². The maximum absolute atomic E-state index is 10.7. The highest BCUT2D eigenvalue weighted by molar-refractivity contribution is 5.80. The van der Waals surface area contributed by atoms with Crippen molar-refractivity contribution < 1.29 is 5.11 Å². The topological polar surface area (TPSA) is 36.0 Å². The number of fused-ring (bicyclic) bond motifs is 1. The smallest absolute Gasteiger partial charge is 0.104 e. The molecule has 1 aromatic heterocycles. The zero-order valence-electron chi connectivity index (χ0n) is 11.2. The molecule has 2 aromatic carbocycles. The summed E-state index contributed by atoms with van der Waals surface area (Å²) in [6.45, 7) is 0. The zero-order valence-corrected chi connectivity index (χ0v) is 11.2. The number of aliphatic hydroxyl groups is 1. The summed E-state index contributed by atoms with van der Waals surface area (Å²) in [5.41, 5.74) is 4.45. The van der Waals surface area contributed by atoms with Crippen molar-refractivity contribution in [2.24, 2.45) is 0 Å². The Hall–Kier alpha value is -2.06. The molecule has 0 spiro atoms. The number of benzene rings is 2. The molecule has 100 valence electrons. The molecule has 2 heteroatoms. The summed E-state index contributed by atoms with van der Waals surface area (Å²) in [6, 6.07) is 16.4. The lowest BCUT2D eigenvalue weighted by Crippen LogP contribution is -2.03. The van der Waals surface area contributed by atoms with Gasteiger partial charge in [-0.3, -0.25) is 0 Å². The highest BCUT2D eigenvalue weighted by atomic mass is 16.3. The van der Waals surface area contributed by atoms with Crippen LogP contribution in [0.5, 0.6) is 0 Å². The van der Waals surface area contributed by atoms with Crippen LogP contribution in [-0.4, -0.2) is 10.1 Å². The monoisotopic (exact) mass is 263 g/mol. The summed E-state index contributed by atoms with van der Waals surface area (Å²) < 4.78 is 0. The van der Waals surface area contributed by atoms with Gasteiger partial charge in [-0.2, -0.15) is 0 Å². The van der Waals surface area contributed by atoms with Gasteiger partial charge >= 0.3 is 0 Å². The summed E-state index contributed by atoms with van der Waals surface area (Å²) in [7, 11) is 0. The van der Waals surface area contributed by atoms with Crippen LogP contribution in [0.2, 0.25) is 0 Å². The van der Waals surface area contributed by atoms with Crippen LogP contribution in [0.1, 0.15) is 41.6 Å². The van der Waals surface area contributed by atoms with Crippen LogP contribution in [0.4, 0.5) is 0 Å². The van der Waals surface area contributed by atoms with Gasteiger partial charge in [0.2, 0.25) is 0 Å². The molecule has 0 amide bonds. The molecule has 1 aliphatic rings. The van der Waals surface area contributed by atoms with E-state index < -0.39 is 6.10 Å². The summed E-state index contributed by atoms with van der Waals surface area (Å²) in [5.74, 6) is 0.650. The minimum Gasteiger partial charge on any atom is -0.384 e. The van der Waals surface area contributed by atoms with Crippen molar-refractivity contribution >= 4 is 10.9 Å². The first-order valence-corrected chi connectivity index (χ1v) is 7.17. The second kappa shape index (κ2) is 4.50. The molecule has 4 rings (SSSR count). The second-order valence-electron chi connectivity index (χ2n) is 5.63. The van der Waals surface area contributed by atoms with Gasteiger partial charge in [-0.1, -0.05) is 30.3 Å². The number of aromatic amines is 1. The van der Waals surface area contributed by atoms with Crippen LogP contribution in [-0.2, 0) is 0 Å². The Morgan fingerprint density at radius 3 is 2.75 bits per heavy atom. The van der Waals surface area contributed by atoms with E-state index in [0.29, 0.717) is 5.92 Å². The summed E-state index contributed by atoms with van der Waals surface area (Å²) in [6.07, 6.45) is 3.89. The number of hydrogen-bond acceptors (Lipinski definition) is 1. The van der Waals surface area contributed by atoms with Gasteiger partial charge in [0.25, 0.3) is 0 Å². The molecule has 1 aliphatic carbocycles. The molecule has 2 nitrogen and oxygen atoms in total. The van der Waals surface area contributed by atoms with E-state index >= 15 is 0 Å². The number of hydrogen-bond donors (Lipinski definition) is 2. The van der Waals surface area contributed by atoms with E-state index in [1.807, 2.05) is 30.5 Å². The fourth-order valence-corrected chi connectivity index (χ4v) is 2.95. The molecule has 1 saturated carbocycles. The second-order valence-corrected chi connectivity index (χ2v) is 5.63. The zero-order chi connectivity index (χ0) is 13.5. The normalized spacial score (nSPS) is 16.4. The van der Waals surface area contributed by atoms with Gasteiger partial charge in [0.1, 0.15) is 6.10 Å². The van der Waals surface area contributed by atoms with E-state index in [4.69, 9.17) is 0 Å². The molecule has 0 saturated heterocycles.